The third-order valence-corrected chi connectivity index (χ3v) is 1.76. The van der Waals surface area contributed by atoms with Crippen molar-refractivity contribution in [2.24, 2.45) is 0 Å². The van der Waals surface area contributed by atoms with E-state index in [1.54, 1.807) is 0 Å². The quantitative estimate of drug-likeness (QED) is 0.818. The summed E-state index contributed by atoms with van der Waals surface area (Å²) in [5, 5.41) is 10.1. The smallest absolute Gasteiger partial charge is 0.405 e. The molecule has 0 atom stereocenters. The summed E-state index contributed by atoms with van der Waals surface area (Å²) in [4.78, 5) is 21.2. The van der Waals surface area contributed by atoms with Crippen molar-refractivity contribution in [2.75, 3.05) is 6.54 Å². The summed E-state index contributed by atoms with van der Waals surface area (Å²) >= 11 is 0. The molecule has 0 radical (unpaired) electrons. The van der Waals surface area contributed by atoms with Crippen molar-refractivity contribution in [1.29, 1.82) is 0 Å². The average Bonchev–Trinajstić information content (AvgIpc) is 2.12. The van der Waals surface area contributed by atoms with Gasteiger partial charge in [0.1, 0.15) is 11.6 Å². The molecule has 6 heteroatoms. The monoisotopic (exact) mass is 229 g/mol. The second kappa shape index (κ2) is 5.20. The zero-order valence-electron chi connectivity index (χ0n) is 8.17. The molecule has 0 bridgehead atoms. The van der Waals surface area contributed by atoms with Crippen molar-refractivity contribution in [3.63, 3.8) is 0 Å². The van der Waals surface area contributed by atoms with Gasteiger partial charge in [-0.25, -0.2) is 13.6 Å². The minimum Gasteiger partial charge on any atom is -0.465 e. The zero-order chi connectivity index (χ0) is 12.1. The molecular formula is C10H9F2NO3. The van der Waals surface area contributed by atoms with E-state index in [0.29, 0.717) is 6.07 Å². The van der Waals surface area contributed by atoms with Crippen LogP contribution in [0.15, 0.2) is 18.2 Å². The van der Waals surface area contributed by atoms with E-state index in [1.165, 1.54) is 0 Å². The Morgan fingerprint density at radius 2 is 1.75 bits per heavy atom. The molecule has 0 unspecified atom stereocenters. The normalized spacial score (nSPS) is 9.88. The number of carbonyl (C=O) groups excluding carboxylic acids is 1. The molecule has 86 valence electrons. The summed E-state index contributed by atoms with van der Waals surface area (Å²) in [5.74, 6) is -2.00. The Hall–Kier alpha value is -1.98. The first-order valence-electron chi connectivity index (χ1n) is 4.41. The van der Waals surface area contributed by atoms with E-state index in [0.717, 1.165) is 12.1 Å². The Morgan fingerprint density at radius 3 is 2.25 bits per heavy atom. The Labute approximate surface area is 89.9 Å². The highest BCUT2D eigenvalue weighted by Gasteiger charge is 2.07. The number of halogens is 2. The standard InChI is InChI=1S/C10H9F2NO3/c11-7-1-6(2-8(12)4-7)3-9(14)5-13-10(15)16/h1-2,4,13H,3,5H2,(H,15,16). The summed E-state index contributed by atoms with van der Waals surface area (Å²) in [6.45, 7) is -0.381. The molecule has 0 aromatic heterocycles. The largest absolute Gasteiger partial charge is 0.465 e. The number of nitrogens with one attached hydrogen (secondary N) is 1. The molecule has 0 spiro atoms. The molecule has 0 saturated carbocycles. The van der Waals surface area contributed by atoms with Gasteiger partial charge in [0.15, 0.2) is 5.78 Å². The molecule has 0 aliphatic rings. The Morgan fingerprint density at radius 1 is 1.19 bits per heavy atom. The minimum absolute atomic E-state index is 0.176. The molecule has 0 fully saturated rings. The molecule has 1 rings (SSSR count). The number of carbonyl (C=O) groups is 2. The van der Waals surface area contributed by atoms with Crippen molar-refractivity contribution in [1.82, 2.24) is 5.32 Å². The Bertz CT molecular complexity index is 400. The van der Waals surface area contributed by atoms with Crippen LogP contribution in [0.25, 0.3) is 0 Å². The van der Waals surface area contributed by atoms with Crippen LogP contribution in [0.5, 0.6) is 0 Å². The molecule has 0 heterocycles. The first-order chi connectivity index (χ1) is 7.47. The van der Waals surface area contributed by atoms with Gasteiger partial charge in [0.25, 0.3) is 0 Å². The zero-order valence-corrected chi connectivity index (χ0v) is 8.17. The molecule has 1 aromatic carbocycles. The van der Waals surface area contributed by atoms with E-state index < -0.39 is 23.5 Å². The van der Waals surface area contributed by atoms with Gasteiger partial charge in [0, 0.05) is 12.5 Å². The SMILES string of the molecule is O=C(CNC(=O)O)Cc1cc(F)cc(F)c1. The van der Waals surface area contributed by atoms with E-state index >= 15 is 0 Å². The lowest BCUT2D eigenvalue weighted by Gasteiger charge is -2.02. The first-order valence-corrected chi connectivity index (χ1v) is 4.41. The number of carboxylic acid groups (broad SMARTS) is 1. The molecule has 1 amide bonds. The minimum atomic E-state index is -1.32. The second-order valence-corrected chi connectivity index (χ2v) is 3.15. The van der Waals surface area contributed by atoms with Gasteiger partial charge in [0.05, 0.1) is 6.54 Å². The number of benzene rings is 1. The molecule has 0 saturated heterocycles. The van der Waals surface area contributed by atoms with Gasteiger partial charge in [-0.2, -0.15) is 0 Å². The third kappa shape index (κ3) is 4.04. The van der Waals surface area contributed by atoms with Crippen LogP contribution in [0.4, 0.5) is 13.6 Å². The van der Waals surface area contributed by atoms with Crippen molar-refractivity contribution in [2.45, 2.75) is 6.42 Å². The third-order valence-electron chi connectivity index (χ3n) is 1.76. The number of hydrogen-bond acceptors (Lipinski definition) is 2. The topological polar surface area (TPSA) is 66.4 Å². The number of Topliss-reactive ketones (excluding diaryl/α,β-unsaturated/α-hetero) is 1. The van der Waals surface area contributed by atoms with Crippen LogP contribution in [-0.2, 0) is 11.2 Å². The van der Waals surface area contributed by atoms with Crippen molar-refractivity contribution >= 4 is 11.9 Å². The molecule has 0 aliphatic carbocycles. The fraction of sp³-hybridized carbons (Fsp3) is 0.200. The predicted molar refractivity (Wildman–Crippen MR) is 51.1 cm³/mol. The van der Waals surface area contributed by atoms with Crippen LogP contribution < -0.4 is 5.32 Å². The van der Waals surface area contributed by atoms with Gasteiger partial charge < -0.3 is 10.4 Å². The predicted octanol–water partition coefficient (Wildman–Crippen LogP) is 1.34. The molecule has 2 N–H and O–H groups in total. The van der Waals surface area contributed by atoms with Gasteiger partial charge in [-0.3, -0.25) is 4.79 Å². The van der Waals surface area contributed by atoms with E-state index in [-0.39, 0.29) is 18.5 Å². The maximum atomic E-state index is 12.7. The maximum Gasteiger partial charge on any atom is 0.405 e. The number of rotatable bonds is 4. The van der Waals surface area contributed by atoms with Crippen molar-refractivity contribution in [3.05, 3.63) is 35.4 Å². The maximum absolute atomic E-state index is 12.7. The van der Waals surface area contributed by atoms with E-state index in [4.69, 9.17) is 5.11 Å². The van der Waals surface area contributed by atoms with Crippen LogP contribution in [0.2, 0.25) is 0 Å². The van der Waals surface area contributed by atoms with Gasteiger partial charge in [-0.1, -0.05) is 0 Å². The first kappa shape index (κ1) is 12.1. The lowest BCUT2D eigenvalue weighted by Crippen LogP contribution is -2.28. The molecule has 4 nitrogen and oxygen atoms in total. The van der Waals surface area contributed by atoms with Crippen LogP contribution >= 0.6 is 0 Å². The van der Waals surface area contributed by atoms with Crippen LogP contribution in [0.3, 0.4) is 0 Å². The van der Waals surface area contributed by atoms with Crippen molar-refractivity contribution in [3.8, 4) is 0 Å². The lowest BCUT2D eigenvalue weighted by atomic mass is 10.1. The fourth-order valence-corrected chi connectivity index (χ4v) is 1.18. The van der Waals surface area contributed by atoms with Gasteiger partial charge in [-0.05, 0) is 17.7 Å². The second-order valence-electron chi connectivity index (χ2n) is 3.15. The number of ketones is 1. The van der Waals surface area contributed by atoms with E-state index in [1.807, 2.05) is 5.32 Å². The molecule has 16 heavy (non-hydrogen) atoms. The van der Waals surface area contributed by atoms with Crippen LogP contribution in [0, 0.1) is 11.6 Å². The van der Waals surface area contributed by atoms with Crippen LogP contribution in [0.1, 0.15) is 5.56 Å². The Kier molecular flexibility index (Phi) is 3.93. The summed E-state index contributed by atoms with van der Waals surface area (Å²) in [7, 11) is 0. The lowest BCUT2D eigenvalue weighted by molar-refractivity contribution is -0.117. The summed E-state index contributed by atoms with van der Waals surface area (Å²) in [5.41, 5.74) is 0.176. The Balaban J connectivity index is 2.59. The molecule has 1 aromatic rings. The van der Waals surface area contributed by atoms with Gasteiger partial charge in [0.2, 0.25) is 0 Å². The van der Waals surface area contributed by atoms with Crippen molar-refractivity contribution < 1.29 is 23.5 Å². The van der Waals surface area contributed by atoms with Crippen LogP contribution in [-0.4, -0.2) is 23.5 Å². The van der Waals surface area contributed by atoms with E-state index in [2.05, 4.69) is 0 Å². The highest BCUT2D eigenvalue weighted by Crippen LogP contribution is 2.08. The molecular weight excluding hydrogens is 220 g/mol. The van der Waals surface area contributed by atoms with Gasteiger partial charge in [-0.15, -0.1) is 0 Å². The highest BCUT2D eigenvalue weighted by atomic mass is 19.1. The molecule has 0 aliphatic heterocycles. The van der Waals surface area contributed by atoms with Gasteiger partial charge >= 0.3 is 6.09 Å². The average molecular weight is 229 g/mol. The van der Waals surface area contributed by atoms with E-state index in [9.17, 15) is 18.4 Å². The summed E-state index contributed by atoms with van der Waals surface area (Å²) in [6, 6.07) is 2.76. The highest BCUT2D eigenvalue weighted by molar-refractivity contribution is 5.85. The summed E-state index contributed by atoms with van der Waals surface area (Å²) in [6.07, 6.45) is -1.53. The number of hydrogen-bond donors (Lipinski definition) is 2. The number of amides is 1. The fourth-order valence-electron chi connectivity index (χ4n) is 1.18. The summed E-state index contributed by atoms with van der Waals surface area (Å²) < 4.78 is 25.5.